The van der Waals surface area contributed by atoms with Crippen LogP contribution in [0.4, 0.5) is 13.2 Å². The van der Waals surface area contributed by atoms with E-state index in [1.54, 1.807) is 25.1 Å². The Bertz CT molecular complexity index is 913. The summed E-state index contributed by atoms with van der Waals surface area (Å²) < 4.78 is 38.8. The summed E-state index contributed by atoms with van der Waals surface area (Å²) in [6, 6.07) is 10.7. The molecule has 0 aromatic heterocycles. The Kier molecular flexibility index (Phi) is 6.45. The van der Waals surface area contributed by atoms with Crippen LogP contribution < -0.4 is 5.32 Å². The zero-order valence-corrected chi connectivity index (χ0v) is 16.4. The summed E-state index contributed by atoms with van der Waals surface area (Å²) in [5.74, 6) is -1.20. The van der Waals surface area contributed by atoms with E-state index in [0.717, 1.165) is 24.1 Å². The summed E-state index contributed by atoms with van der Waals surface area (Å²) in [6.45, 7) is 2.71. The van der Waals surface area contributed by atoms with Gasteiger partial charge in [0.05, 0.1) is 23.2 Å². The molecule has 2 aromatic rings. The Balaban J connectivity index is 1.65. The highest BCUT2D eigenvalue weighted by atomic mass is 19.4. The number of carbonyl (C=O) groups is 2. The lowest BCUT2D eigenvalue weighted by Gasteiger charge is -2.26. The highest BCUT2D eigenvalue weighted by molar-refractivity contribution is 5.87. The number of aromatic carboxylic acids is 1. The van der Waals surface area contributed by atoms with Gasteiger partial charge < -0.3 is 10.4 Å². The smallest absolute Gasteiger partial charge is 0.416 e. The van der Waals surface area contributed by atoms with E-state index in [1.165, 1.54) is 18.2 Å². The first-order valence-corrected chi connectivity index (χ1v) is 9.69. The summed E-state index contributed by atoms with van der Waals surface area (Å²) in [4.78, 5) is 25.7. The number of nitrogens with one attached hydrogen (secondary N) is 1. The summed E-state index contributed by atoms with van der Waals surface area (Å²) in [7, 11) is 0. The fourth-order valence-electron chi connectivity index (χ4n) is 3.70. The SMILES string of the molecule is C[C@H](NC(=O)C1CCCN1Cc1cccc(C(F)(F)F)c1)c1ccc(C(=O)O)cc1. The van der Waals surface area contributed by atoms with Crippen molar-refractivity contribution >= 4 is 11.9 Å². The maximum atomic E-state index is 12.9. The molecule has 2 N–H and O–H groups in total. The number of carbonyl (C=O) groups excluding carboxylic acids is 1. The second-order valence-corrected chi connectivity index (χ2v) is 7.48. The van der Waals surface area contributed by atoms with Crippen LogP contribution in [0.3, 0.4) is 0 Å². The summed E-state index contributed by atoms with van der Waals surface area (Å²) in [6.07, 6.45) is -2.97. The van der Waals surface area contributed by atoms with Crippen LogP contribution in [0.5, 0.6) is 0 Å². The molecule has 1 aliphatic rings. The lowest BCUT2D eigenvalue weighted by molar-refractivity contribution is -0.137. The average molecular weight is 420 g/mol. The molecule has 1 amide bonds. The summed E-state index contributed by atoms with van der Waals surface area (Å²) in [5, 5.41) is 11.9. The monoisotopic (exact) mass is 420 g/mol. The minimum absolute atomic E-state index is 0.167. The van der Waals surface area contributed by atoms with Crippen molar-refractivity contribution in [1.82, 2.24) is 10.2 Å². The Morgan fingerprint density at radius 2 is 1.90 bits per heavy atom. The van der Waals surface area contributed by atoms with Crippen LogP contribution in [0.25, 0.3) is 0 Å². The number of carboxylic acid groups (broad SMARTS) is 1. The standard InChI is InChI=1S/C22H23F3N2O3/c1-14(16-7-9-17(10-8-16)21(29)30)26-20(28)19-6-3-11-27(19)13-15-4-2-5-18(12-15)22(23,24)25/h2,4-5,7-10,12,14,19H,3,6,11,13H2,1H3,(H,26,28)(H,29,30)/t14-,19?/m0/s1. The van der Waals surface area contributed by atoms with Gasteiger partial charge in [0.1, 0.15) is 0 Å². The van der Waals surface area contributed by atoms with Gasteiger partial charge in [0.2, 0.25) is 5.91 Å². The molecule has 0 radical (unpaired) electrons. The highest BCUT2D eigenvalue weighted by Gasteiger charge is 2.33. The van der Waals surface area contributed by atoms with Crippen LogP contribution in [0.2, 0.25) is 0 Å². The molecule has 1 aliphatic heterocycles. The zero-order chi connectivity index (χ0) is 21.9. The number of benzene rings is 2. The van der Waals surface area contributed by atoms with E-state index in [1.807, 2.05) is 4.90 Å². The van der Waals surface area contributed by atoms with Gasteiger partial charge in [0, 0.05) is 6.54 Å². The molecule has 8 heteroatoms. The van der Waals surface area contributed by atoms with Gasteiger partial charge in [0.25, 0.3) is 0 Å². The van der Waals surface area contributed by atoms with Crippen LogP contribution in [0, 0.1) is 0 Å². The number of rotatable bonds is 6. The topological polar surface area (TPSA) is 69.6 Å². The van der Waals surface area contributed by atoms with Gasteiger partial charge in [-0.25, -0.2) is 4.79 Å². The maximum absolute atomic E-state index is 12.9. The molecule has 160 valence electrons. The van der Waals surface area contributed by atoms with Gasteiger partial charge in [-0.05, 0) is 55.6 Å². The van der Waals surface area contributed by atoms with Crippen LogP contribution in [0.15, 0.2) is 48.5 Å². The Hall–Kier alpha value is -2.87. The van der Waals surface area contributed by atoms with Crippen LogP contribution in [0.1, 0.15) is 52.9 Å². The number of carboxylic acids is 1. The van der Waals surface area contributed by atoms with Crippen molar-refractivity contribution in [3.8, 4) is 0 Å². The second kappa shape index (κ2) is 8.87. The quantitative estimate of drug-likeness (QED) is 0.733. The fraction of sp³-hybridized carbons (Fsp3) is 0.364. The van der Waals surface area contributed by atoms with Crippen molar-refractivity contribution in [1.29, 1.82) is 0 Å². The molecule has 2 atom stereocenters. The zero-order valence-electron chi connectivity index (χ0n) is 16.4. The molecule has 5 nitrogen and oxygen atoms in total. The van der Waals surface area contributed by atoms with E-state index >= 15 is 0 Å². The van der Waals surface area contributed by atoms with E-state index < -0.39 is 23.8 Å². The van der Waals surface area contributed by atoms with Gasteiger partial charge in [-0.1, -0.05) is 30.3 Å². The Morgan fingerprint density at radius 3 is 2.53 bits per heavy atom. The summed E-state index contributed by atoms with van der Waals surface area (Å²) in [5.41, 5.74) is 0.761. The number of alkyl halides is 3. The number of hydrogen-bond acceptors (Lipinski definition) is 3. The van der Waals surface area contributed by atoms with E-state index in [2.05, 4.69) is 5.32 Å². The van der Waals surface area contributed by atoms with Gasteiger partial charge in [-0.2, -0.15) is 13.2 Å². The molecule has 0 bridgehead atoms. The van der Waals surface area contributed by atoms with E-state index in [4.69, 9.17) is 5.11 Å². The normalized spacial score (nSPS) is 18.2. The first kappa shape index (κ1) is 21.8. The highest BCUT2D eigenvalue weighted by Crippen LogP contribution is 2.30. The first-order chi connectivity index (χ1) is 14.1. The third-order valence-electron chi connectivity index (χ3n) is 5.32. The lowest BCUT2D eigenvalue weighted by Crippen LogP contribution is -2.43. The van der Waals surface area contributed by atoms with Crippen molar-refractivity contribution in [2.24, 2.45) is 0 Å². The molecular weight excluding hydrogens is 397 g/mol. The Labute approximate surface area is 172 Å². The molecule has 30 heavy (non-hydrogen) atoms. The molecule has 1 fully saturated rings. The molecule has 1 unspecified atom stereocenters. The molecule has 0 aliphatic carbocycles. The van der Waals surface area contributed by atoms with Gasteiger partial charge in [-0.3, -0.25) is 9.69 Å². The van der Waals surface area contributed by atoms with Crippen molar-refractivity contribution in [3.63, 3.8) is 0 Å². The van der Waals surface area contributed by atoms with Crippen LogP contribution >= 0.6 is 0 Å². The predicted octanol–water partition coefficient (Wildman–Crippen LogP) is 4.25. The number of halogens is 3. The molecule has 2 aromatic carbocycles. The third-order valence-corrected chi connectivity index (χ3v) is 5.32. The van der Waals surface area contributed by atoms with E-state index in [0.29, 0.717) is 18.5 Å². The Morgan fingerprint density at radius 1 is 1.20 bits per heavy atom. The van der Waals surface area contributed by atoms with E-state index in [9.17, 15) is 22.8 Å². The maximum Gasteiger partial charge on any atom is 0.416 e. The minimum atomic E-state index is -4.40. The number of hydrogen-bond donors (Lipinski definition) is 2. The number of likely N-dealkylation sites (tertiary alicyclic amines) is 1. The molecule has 0 saturated carbocycles. The largest absolute Gasteiger partial charge is 0.478 e. The van der Waals surface area contributed by atoms with Crippen molar-refractivity contribution in [2.45, 2.75) is 44.6 Å². The minimum Gasteiger partial charge on any atom is -0.478 e. The lowest BCUT2D eigenvalue weighted by atomic mass is 10.1. The molecule has 1 heterocycles. The van der Waals surface area contributed by atoms with Gasteiger partial charge >= 0.3 is 12.1 Å². The molecule has 1 saturated heterocycles. The molecule has 3 rings (SSSR count). The molecular formula is C22H23F3N2O3. The van der Waals surface area contributed by atoms with Crippen molar-refractivity contribution < 1.29 is 27.9 Å². The van der Waals surface area contributed by atoms with Crippen molar-refractivity contribution in [2.75, 3.05) is 6.54 Å². The predicted molar refractivity (Wildman–Crippen MR) is 105 cm³/mol. The second-order valence-electron chi connectivity index (χ2n) is 7.48. The third kappa shape index (κ3) is 5.18. The first-order valence-electron chi connectivity index (χ1n) is 9.69. The fourth-order valence-corrected chi connectivity index (χ4v) is 3.70. The van der Waals surface area contributed by atoms with Gasteiger partial charge in [0.15, 0.2) is 0 Å². The van der Waals surface area contributed by atoms with Crippen LogP contribution in [-0.4, -0.2) is 34.5 Å². The van der Waals surface area contributed by atoms with Gasteiger partial charge in [-0.15, -0.1) is 0 Å². The number of nitrogens with zero attached hydrogens (tertiary/aromatic N) is 1. The summed E-state index contributed by atoms with van der Waals surface area (Å²) >= 11 is 0. The average Bonchev–Trinajstić information content (AvgIpc) is 3.15. The van der Waals surface area contributed by atoms with Crippen LogP contribution in [-0.2, 0) is 17.5 Å². The molecule has 0 spiro atoms. The van der Waals surface area contributed by atoms with E-state index in [-0.39, 0.29) is 24.1 Å². The number of amides is 1. The van der Waals surface area contributed by atoms with Crippen molar-refractivity contribution in [3.05, 3.63) is 70.8 Å².